The number of unbranched alkanes of at least 4 members (excludes halogenated alkanes) is 1. The molecule has 0 saturated heterocycles. The Morgan fingerprint density at radius 1 is 0.944 bits per heavy atom. The SMILES string of the molecule is CCCCC(C)C(C)C(C)C(C)C(C)C1CC1C. The average Bonchev–Trinajstić information content (AvgIpc) is 3.09. The first-order chi connectivity index (χ1) is 8.40. The van der Waals surface area contributed by atoms with Crippen LogP contribution in [0, 0.1) is 41.4 Å². The summed E-state index contributed by atoms with van der Waals surface area (Å²) in [4.78, 5) is 0. The molecule has 7 atom stereocenters. The maximum Gasteiger partial charge on any atom is -0.0357 e. The lowest BCUT2D eigenvalue weighted by Crippen LogP contribution is -2.27. The van der Waals surface area contributed by atoms with Crippen LogP contribution >= 0.6 is 0 Å². The molecule has 0 aromatic carbocycles. The van der Waals surface area contributed by atoms with Gasteiger partial charge in [0.05, 0.1) is 0 Å². The molecule has 0 spiro atoms. The average molecular weight is 252 g/mol. The number of rotatable bonds is 8. The third-order valence-electron chi connectivity index (χ3n) is 6.25. The summed E-state index contributed by atoms with van der Waals surface area (Å²) in [6.45, 7) is 17.2. The summed E-state index contributed by atoms with van der Waals surface area (Å²) in [5.41, 5.74) is 0. The lowest BCUT2D eigenvalue weighted by Gasteiger charge is -2.34. The highest BCUT2D eigenvalue weighted by Gasteiger charge is 2.41. The van der Waals surface area contributed by atoms with E-state index in [2.05, 4.69) is 48.5 Å². The van der Waals surface area contributed by atoms with Crippen LogP contribution in [0.4, 0.5) is 0 Å². The summed E-state index contributed by atoms with van der Waals surface area (Å²) in [5, 5.41) is 0. The molecule has 18 heavy (non-hydrogen) atoms. The van der Waals surface area contributed by atoms with Gasteiger partial charge in [-0.15, -0.1) is 0 Å². The van der Waals surface area contributed by atoms with Gasteiger partial charge < -0.3 is 0 Å². The van der Waals surface area contributed by atoms with Crippen molar-refractivity contribution < 1.29 is 0 Å². The first kappa shape index (κ1) is 16.1. The standard InChI is InChI=1S/C18H36/c1-8-9-10-12(2)14(4)15(5)16(6)17(7)18-11-13(18)3/h12-18H,8-11H2,1-7H3. The first-order valence-electron chi connectivity index (χ1n) is 8.40. The predicted molar refractivity (Wildman–Crippen MR) is 82.6 cm³/mol. The van der Waals surface area contributed by atoms with E-state index in [9.17, 15) is 0 Å². The van der Waals surface area contributed by atoms with Gasteiger partial charge in [-0.3, -0.25) is 0 Å². The van der Waals surface area contributed by atoms with Gasteiger partial charge in [-0.25, -0.2) is 0 Å². The highest BCUT2D eigenvalue weighted by molar-refractivity contribution is 4.90. The molecule has 0 aliphatic heterocycles. The predicted octanol–water partition coefficient (Wildman–Crippen LogP) is 6.01. The van der Waals surface area contributed by atoms with Crippen LogP contribution in [0.25, 0.3) is 0 Å². The summed E-state index contributed by atoms with van der Waals surface area (Å²) >= 11 is 0. The van der Waals surface area contributed by atoms with E-state index >= 15 is 0 Å². The molecular weight excluding hydrogens is 216 g/mol. The van der Waals surface area contributed by atoms with Crippen molar-refractivity contribution in [3.63, 3.8) is 0 Å². The largest absolute Gasteiger partial charge is 0.0654 e. The fraction of sp³-hybridized carbons (Fsp3) is 1.00. The minimum Gasteiger partial charge on any atom is -0.0654 e. The smallest absolute Gasteiger partial charge is 0.0357 e. The molecule has 0 aromatic heterocycles. The molecule has 1 aliphatic rings. The van der Waals surface area contributed by atoms with Gasteiger partial charge in [-0.05, 0) is 47.8 Å². The molecule has 1 fully saturated rings. The van der Waals surface area contributed by atoms with E-state index in [-0.39, 0.29) is 0 Å². The van der Waals surface area contributed by atoms with Crippen molar-refractivity contribution in [1.29, 1.82) is 0 Å². The van der Waals surface area contributed by atoms with Crippen molar-refractivity contribution in [3.05, 3.63) is 0 Å². The summed E-state index contributed by atoms with van der Waals surface area (Å²) in [6.07, 6.45) is 5.65. The number of hydrogen-bond donors (Lipinski definition) is 0. The van der Waals surface area contributed by atoms with Gasteiger partial charge in [-0.1, -0.05) is 67.7 Å². The normalized spacial score (nSPS) is 31.5. The molecule has 0 heteroatoms. The van der Waals surface area contributed by atoms with Crippen molar-refractivity contribution in [2.75, 3.05) is 0 Å². The Bertz CT molecular complexity index is 232. The summed E-state index contributed by atoms with van der Waals surface area (Å²) in [6, 6.07) is 0. The Kier molecular flexibility index (Phi) is 6.21. The third-order valence-corrected chi connectivity index (χ3v) is 6.25. The zero-order chi connectivity index (χ0) is 13.9. The van der Waals surface area contributed by atoms with Crippen LogP contribution in [0.1, 0.15) is 74.1 Å². The van der Waals surface area contributed by atoms with Crippen LogP contribution in [-0.2, 0) is 0 Å². The lowest BCUT2D eigenvalue weighted by molar-refractivity contribution is 0.150. The molecule has 0 N–H and O–H groups in total. The van der Waals surface area contributed by atoms with Crippen molar-refractivity contribution in [2.24, 2.45) is 41.4 Å². The second-order valence-electron chi connectivity index (χ2n) is 7.43. The molecule has 0 amide bonds. The monoisotopic (exact) mass is 252 g/mol. The van der Waals surface area contributed by atoms with E-state index in [0.717, 1.165) is 41.4 Å². The molecular formula is C18H36. The third kappa shape index (κ3) is 4.00. The van der Waals surface area contributed by atoms with Crippen LogP contribution in [-0.4, -0.2) is 0 Å². The second kappa shape index (κ2) is 6.96. The Balaban J connectivity index is 2.43. The summed E-state index contributed by atoms with van der Waals surface area (Å²) < 4.78 is 0. The Hall–Kier alpha value is 0. The van der Waals surface area contributed by atoms with E-state index in [1.165, 1.54) is 25.7 Å². The van der Waals surface area contributed by atoms with E-state index in [0.29, 0.717) is 0 Å². The van der Waals surface area contributed by atoms with Gasteiger partial charge in [0.1, 0.15) is 0 Å². The van der Waals surface area contributed by atoms with Gasteiger partial charge in [0.15, 0.2) is 0 Å². The zero-order valence-electron chi connectivity index (χ0n) is 13.9. The van der Waals surface area contributed by atoms with Crippen LogP contribution < -0.4 is 0 Å². The van der Waals surface area contributed by atoms with Crippen molar-refractivity contribution >= 4 is 0 Å². The van der Waals surface area contributed by atoms with Crippen LogP contribution in [0.15, 0.2) is 0 Å². The van der Waals surface area contributed by atoms with E-state index in [1.807, 2.05) is 0 Å². The molecule has 7 unspecified atom stereocenters. The lowest BCUT2D eigenvalue weighted by atomic mass is 9.71. The highest BCUT2D eigenvalue weighted by atomic mass is 14.5. The molecule has 0 bridgehead atoms. The maximum atomic E-state index is 2.50. The maximum absolute atomic E-state index is 2.50. The van der Waals surface area contributed by atoms with E-state index in [1.54, 1.807) is 0 Å². The van der Waals surface area contributed by atoms with E-state index < -0.39 is 0 Å². The first-order valence-corrected chi connectivity index (χ1v) is 8.40. The molecule has 0 heterocycles. The van der Waals surface area contributed by atoms with Crippen molar-refractivity contribution in [3.8, 4) is 0 Å². The number of hydrogen-bond acceptors (Lipinski definition) is 0. The van der Waals surface area contributed by atoms with Gasteiger partial charge in [0.2, 0.25) is 0 Å². The van der Waals surface area contributed by atoms with Gasteiger partial charge >= 0.3 is 0 Å². The topological polar surface area (TPSA) is 0 Å². The van der Waals surface area contributed by atoms with Gasteiger partial charge in [0, 0.05) is 0 Å². The minimum absolute atomic E-state index is 0.875. The quantitative estimate of drug-likeness (QED) is 0.496. The summed E-state index contributed by atoms with van der Waals surface area (Å²) in [7, 11) is 0. The molecule has 0 nitrogen and oxygen atoms in total. The molecule has 1 saturated carbocycles. The summed E-state index contributed by atoms with van der Waals surface area (Å²) in [5.74, 6) is 6.49. The van der Waals surface area contributed by atoms with Crippen molar-refractivity contribution in [1.82, 2.24) is 0 Å². The molecule has 1 aliphatic carbocycles. The Labute approximate surface area is 116 Å². The van der Waals surface area contributed by atoms with E-state index in [4.69, 9.17) is 0 Å². The molecule has 108 valence electrons. The zero-order valence-corrected chi connectivity index (χ0v) is 13.9. The molecule has 1 rings (SSSR count). The fourth-order valence-corrected chi connectivity index (χ4v) is 3.74. The van der Waals surface area contributed by atoms with Crippen LogP contribution in [0.5, 0.6) is 0 Å². The molecule has 0 aromatic rings. The van der Waals surface area contributed by atoms with Crippen LogP contribution in [0.3, 0.4) is 0 Å². The Morgan fingerprint density at radius 2 is 1.50 bits per heavy atom. The fourth-order valence-electron chi connectivity index (χ4n) is 3.74. The minimum atomic E-state index is 0.875. The van der Waals surface area contributed by atoms with Crippen LogP contribution in [0.2, 0.25) is 0 Å². The van der Waals surface area contributed by atoms with Crippen molar-refractivity contribution in [2.45, 2.75) is 74.1 Å². The second-order valence-corrected chi connectivity index (χ2v) is 7.43. The van der Waals surface area contributed by atoms with Gasteiger partial charge in [-0.2, -0.15) is 0 Å². The van der Waals surface area contributed by atoms with Gasteiger partial charge in [0.25, 0.3) is 0 Å². The Morgan fingerprint density at radius 3 is 1.94 bits per heavy atom. The highest BCUT2D eigenvalue weighted by Crippen LogP contribution is 2.48. The molecule has 0 radical (unpaired) electrons.